The molecule has 0 spiro atoms. The van der Waals surface area contributed by atoms with Crippen molar-refractivity contribution in [2.45, 2.75) is 18.7 Å². The van der Waals surface area contributed by atoms with Gasteiger partial charge in [0.25, 0.3) is 0 Å². The molecule has 0 aliphatic heterocycles. The molecule has 0 heterocycles. The van der Waals surface area contributed by atoms with Crippen molar-refractivity contribution in [2.75, 3.05) is 20.2 Å². The van der Waals surface area contributed by atoms with E-state index in [1.165, 1.54) is 19.2 Å². The molecule has 0 atom stereocenters. The molecule has 0 aliphatic carbocycles. The monoisotopic (exact) mass is 287 g/mol. The van der Waals surface area contributed by atoms with Crippen LogP contribution in [0.15, 0.2) is 23.1 Å². The standard InChI is InChI=1S/C12H17NO5S/c1-4-13(3)19(16,17)9-6-7-11(18-5-2)10(8-9)12(14)15/h6-8H,4-5H2,1-3H3,(H,14,15). The summed E-state index contributed by atoms with van der Waals surface area (Å²) >= 11 is 0. The molecule has 0 aromatic heterocycles. The highest BCUT2D eigenvalue weighted by atomic mass is 32.2. The van der Waals surface area contributed by atoms with Gasteiger partial charge in [-0.25, -0.2) is 17.5 Å². The molecule has 1 rings (SSSR count). The minimum atomic E-state index is -3.66. The van der Waals surface area contributed by atoms with E-state index in [9.17, 15) is 13.2 Å². The van der Waals surface area contributed by atoms with Crippen molar-refractivity contribution in [3.05, 3.63) is 23.8 Å². The summed E-state index contributed by atoms with van der Waals surface area (Å²) in [5.74, 6) is -1.06. The number of benzene rings is 1. The Labute approximate surface area is 112 Å². The minimum absolute atomic E-state index is 0.0577. The van der Waals surface area contributed by atoms with E-state index in [2.05, 4.69) is 0 Å². The smallest absolute Gasteiger partial charge is 0.339 e. The maximum atomic E-state index is 12.1. The number of ether oxygens (including phenoxy) is 1. The highest BCUT2D eigenvalue weighted by molar-refractivity contribution is 7.89. The third-order valence-corrected chi connectivity index (χ3v) is 4.56. The van der Waals surface area contributed by atoms with Crippen molar-refractivity contribution in [3.63, 3.8) is 0 Å². The number of aromatic carboxylic acids is 1. The van der Waals surface area contributed by atoms with Gasteiger partial charge >= 0.3 is 5.97 Å². The van der Waals surface area contributed by atoms with Crippen LogP contribution in [-0.2, 0) is 10.0 Å². The van der Waals surface area contributed by atoms with Crippen LogP contribution in [-0.4, -0.2) is 44.0 Å². The lowest BCUT2D eigenvalue weighted by molar-refractivity contribution is 0.0692. The van der Waals surface area contributed by atoms with E-state index in [1.54, 1.807) is 13.8 Å². The molecule has 0 aliphatic rings. The quantitative estimate of drug-likeness (QED) is 0.855. The number of carbonyl (C=O) groups is 1. The number of carboxylic acids is 1. The molecule has 1 aromatic carbocycles. The van der Waals surface area contributed by atoms with E-state index in [0.717, 1.165) is 10.4 Å². The van der Waals surface area contributed by atoms with E-state index < -0.39 is 16.0 Å². The second-order valence-electron chi connectivity index (χ2n) is 3.82. The van der Waals surface area contributed by atoms with Gasteiger partial charge in [0, 0.05) is 13.6 Å². The molecule has 0 amide bonds. The molecular formula is C12H17NO5S. The van der Waals surface area contributed by atoms with Gasteiger partial charge in [-0.05, 0) is 25.1 Å². The van der Waals surface area contributed by atoms with Crippen LogP contribution < -0.4 is 4.74 Å². The minimum Gasteiger partial charge on any atom is -0.493 e. The highest BCUT2D eigenvalue weighted by Gasteiger charge is 2.22. The molecule has 19 heavy (non-hydrogen) atoms. The lowest BCUT2D eigenvalue weighted by Gasteiger charge is -2.16. The highest BCUT2D eigenvalue weighted by Crippen LogP contribution is 2.24. The van der Waals surface area contributed by atoms with Gasteiger partial charge in [-0.15, -0.1) is 0 Å². The predicted octanol–water partition coefficient (Wildman–Crippen LogP) is 1.42. The first-order valence-electron chi connectivity index (χ1n) is 5.81. The number of hydrogen-bond donors (Lipinski definition) is 1. The predicted molar refractivity (Wildman–Crippen MR) is 70.1 cm³/mol. The average Bonchev–Trinajstić information content (AvgIpc) is 2.38. The summed E-state index contributed by atoms with van der Waals surface area (Å²) in [6.07, 6.45) is 0. The first-order valence-corrected chi connectivity index (χ1v) is 7.25. The van der Waals surface area contributed by atoms with E-state index in [0.29, 0.717) is 13.2 Å². The summed E-state index contributed by atoms with van der Waals surface area (Å²) in [5.41, 5.74) is -0.160. The Bertz CT molecular complexity index is 567. The zero-order valence-corrected chi connectivity index (χ0v) is 11.9. The summed E-state index contributed by atoms with van der Waals surface area (Å²) in [6, 6.07) is 3.83. The summed E-state index contributed by atoms with van der Waals surface area (Å²) < 4.78 is 30.5. The van der Waals surface area contributed by atoms with Crippen molar-refractivity contribution >= 4 is 16.0 Å². The maximum Gasteiger partial charge on any atom is 0.339 e. The van der Waals surface area contributed by atoms with E-state index in [4.69, 9.17) is 9.84 Å². The van der Waals surface area contributed by atoms with Gasteiger partial charge in [-0.2, -0.15) is 0 Å². The van der Waals surface area contributed by atoms with E-state index in [-0.39, 0.29) is 16.2 Å². The Hall–Kier alpha value is -1.60. The maximum absolute atomic E-state index is 12.1. The van der Waals surface area contributed by atoms with Gasteiger partial charge in [-0.1, -0.05) is 6.92 Å². The van der Waals surface area contributed by atoms with Crippen LogP contribution in [0, 0.1) is 0 Å². The number of nitrogens with zero attached hydrogens (tertiary/aromatic N) is 1. The fourth-order valence-corrected chi connectivity index (χ4v) is 2.67. The van der Waals surface area contributed by atoms with Gasteiger partial charge in [0.2, 0.25) is 10.0 Å². The summed E-state index contributed by atoms with van der Waals surface area (Å²) in [4.78, 5) is 11.1. The molecule has 6 nitrogen and oxygen atoms in total. The number of hydrogen-bond acceptors (Lipinski definition) is 4. The van der Waals surface area contributed by atoms with Gasteiger partial charge in [0.05, 0.1) is 11.5 Å². The second-order valence-corrected chi connectivity index (χ2v) is 5.86. The molecule has 1 aromatic rings. The second kappa shape index (κ2) is 6.03. The Morgan fingerprint density at radius 1 is 1.37 bits per heavy atom. The largest absolute Gasteiger partial charge is 0.493 e. The summed E-state index contributed by atoms with van der Waals surface area (Å²) in [5, 5.41) is 9.09. The van der Waals surface area contributed by atoms with Crippen molar-refractivity contribution in [2.24, 2.45) is 0 Å². The Kier molecular flexibility index (Phi) is 4.90. The van der Waals surface area contributed by atoms with Gasteiger partial charge < -0.3 is 9.84 Å². The SMILES string of the molecule is CCOc1ccc(S(=O)(=O)N(C)CC)cc1C(=O)O. The van der Waals surface area contributed by atoms with Crippen LogP contribution in [0.4, 0.5) is 0 Å². The molecule has 1 N–H and O–H groups in total. The van der Waals surface area contributed by atoms with Crippen molar-refractivity contribution in [3.8, 4) is 5.75 Å². The van der Waals surface area contributed by atoms with Crippen LogP contribution >= 0.6 is 0 Å². The third kappa shape index (κ3) is 3.24. The molecule has 0 saturated heterocycles. The molecule has 106 valence electrons. The lowest BCUT2D eigenvalue weighted by atomic mass is 10.2. The topological polar surface area (TPSA) is 83.9 Å². The van der Waals surface area contributed by atoms with E-state index in [1.807, 2.05) is 0 Å². The molecule has 0 unspecified atom stereocenters. The van der Waals surface area contributed by atoms with Crippen molar-refractivity contribution in [1.29, 1.82) is 0 Å². The Balaban J connectivity index is 3.34. The number of rotatable bonds is 6. The molecule has 0 saturated carbocycles. The van der Waals surface area contributed by atoms with Gasteiger partial charge in [0.1, 0.15) is 11.3 Å². The first-order chi connectivity index (χ1) is 8.84. The molecule has 0 bridgehead atoms. The summed E-state index contributed by atoms with van der Waals surface area (Å²) in [7, 11) is -2.23. The van der Waals surface area contributed by atoms with Crippen LogP contribution in [0.2, 0.25) is 0 Å². The molecule has 7 heteroatoms. The number of carboxylic acid groups (broad SMARTS) is 1. The zero-order chi connectivity index (χ0) is 14.6. The first kappa shape index (κ1) is 15.5. The van der Waals surface area contributed by atoms with Gasteiger partial charge in [0.15, 0.2) is 0 Å². The molecule has 0 radical (unpaired) electrons. The number of sulfonamides is 1. The fourth-order valence-electron chi connectivity index (χ4n) is 1.47. The molecule has 0 fully saturated rings. The van der Waals surface area contributed by atoms with Crippen molar-refractivity contribution < 1.29 is 23.1 Å². The molecular weight excluding hydrogens is 270 g/mol. The fraction of sp³-hybridized carbons (Fsp3) is 0.417. The van der Waals surface area contributed by atoms with Crippen molar-refractivity contribution in [1.82, 2.24) is 4.31 Å². The Morgan fingerprint density at radius 2 is 2.00 bits per heavy atom. The van der Waals surface area contributed by atoms with Crippen LogP contribution in [0.1, 0.15) is 24.2 Å². The van der Waals surface area contributed by atoms with Gasteiger partial charge in [-0.3, -0.25) is 0 Å². The summed E-state index contributed by atoms with van der Waals surface area (Å²) in [6.45, 7) is 4.03. The lowest BCUT2D eigenvalue weighted by Crippen LogP contribution is -2.26. The van der Waals surface area contributed by atoms with Crippen LogP contribution in [0.5, 0.6) is 5.75 Å². The Morgan fingerprint density at radius 3 is 2.47 bits per heavy atom. The average molecular weight is 287 g/mol. The normalized spacial score (nSPS) is 11.6. The third-order valence-electron chi connectivity index (χ3n) is 2.63. The zero-order valence-electron chi connectivity index (χ0n) is 11.1. The van der Waals surface area contributed by atoms with Crippen LogP contribution in [0.25, 0.3) is 0 Å². The van der Waals surface area contributed by atoms with E-state index >= 15 is 0 Å². The van der Waals surface area contributed by atoms with Crippen LogP contribution in [0.3, 0.4) is 0 Å².